The van der Waals surface area contributed by atoms with Gasteiger partial charge in [-0.3, -0.25) is 0 Å². The van der Waals surface area contributed by atoms with Gasteiger partial charge < -0.3 is 10.6 Å². The highest BCUT2D eigenvalue weighted by atomic mass is 15.1. The van der Waals surface area contributed by atoms with Crippen LogP contribution in [0.2, 0.25) is 0 Å². The normalized spacial score (nSPS) is 12.2. The quantitative estimate of drug-likeness (QED) is 0.892. The Morgan fingerprint density at radius 3 is 2.26 bits per heavy atom. The second kappa shape index (κ2) is 5.89. The van der Waals surface area contributed by atoms with Gasteiger partial charge in [-0.1, -0.05) is 37.3 Å². The number of benzene rings is 2. The van der Waals surface area contributed by atoms with Crippen molar-refractivity contribution in [1.29, 1.82) is 0 Å². The largest absolute Gasteiger partial charge is 0.344 e. The van der Waals surface area contributed by atoms with Crippen LogP contribution in [0.1, 0.15) is 31.0 Å². The summed E-state index contributed by atoms with van der Waals surface area (Å²) in [5, 5.41) is 0. The summed E-state index contributed by atoms with van der Waals surface area (Å²) in [7, 11) is 2.09. The number of aryl methyl sites for hydroxylation is 1. The van der Waals surface area contributed by atoms with Crippen molar-refractivity contribution >= 4 is 11.4 Å². The molecule has 2 rings (SSSR count). The summed E-state index contributed by atoms with van der Waals surface area (Å²) in [5.41, 5.74) is 10.9. The fourth-order valence-electron chi connectivity index (χ4n) is 2.27. The summed E-state index contributed by atoms with van der Waals surface area (Å²) in [6, 6.07) is 17.0. The van der Waals surface area contributed by atoms with Gasteiger partial charge in [0.1, 0.15) is 0 Å². The monoisotopic (exact) mass is 254 g/mol. The Labute approximate surface area is 115 Å². The van der Waals surface area contributed by atoms with E-state index >= 15 is 0 Å². The van der Waals surface area contributed by atoms with E-state index in [-0.39, 0.29) is 6.04 Å². The molecule has 0 fully saturated rings. The first kappa shape index (κ1) is 13.6. The molecule has 2 heteroatoms. The summed E-state index contributed by atoms with van der Waals surface area (Å²) in [6.07, 6.45) is 1.07. The van der Waals surface area contributed by atoms with E-state index in [0.29, 0.717) is 0 Å². The van der Waals surface area contributed by atoms with Crippen molar-refractivity contribution in [3.05, 3.63) is 59.7 Å². The molecule has 0 bridgehead atoms. The van der Waals surface area contributed by atoms with Crippen LogP contribution in [0.4, 0.5) is 11.4 Å². The molecule has 0 unspecified atom stereocenters. The predicted molar refractivity (Wildman–Crippen MR) is 82.9 cm³/mol. The first-order chi connectivity index (χ1) is 9.13. The van der Waals surface area contributed by atoms with Crippen LogP contribution < -0.4 is 10.6 Å². The topological polar surface area (TPSA) is 29.3 Å². The minimum Gasteiger partial charge on any atom is -0.344 e. The molecule has 0 aromatic heterocycles. The van der Waals surface area contributed by atoms with Crippen molar-refractivity contribution in [3.8, 4) is 0 Å². The maximum atomic E-state index is 6.05. The molecule has 0 heterocycles. The van der Waals surface area contributed by atoms with Crippen molar-refractivity contribution < 1.29 is 0 Å². The number of rotatable bonds is 4. The molecule has 0 saturated carbocycles. The van der Waals surface area contributed by atoms with E-state index in [1.54, 1.807) is 0 Å². The fourth-order valence-corrected chi connectivity index (χ4v) is 2.27. The Balaban J connectivity index is 2.35. The van der Waals surface area contributed by atoms with Crippen molar-refractivity contribution in [1.82, 2.24) is 0 Å². The van der Waals surface area contributed by atoms with E-state index < -0.39 is 0 Å². The summed E-state index contributed by atoms with van der Waals surface area (Å²) < 4.78 is 0. The third-order valence-corrected chi connectivity index (χ3v) is 3.52. The van der Waals surface area contributed by atoms with Gasteiger partial charge in [-0.15, -0.1) is 0 Å². The molecular weight excluding hydrogens is 232 g/mol. The number of nitrogens with two attached hydrogens (primary N) is 1. The summed E-state index contributed by atoms with van der Waals surface area (Å²) in [4.78, 5) is 2.19. The van der Waals surface area contributed by atoms with Gasteiger partial charge in [0.15, 0.2) is 0 Å². The summed E-state index contributed by atoms with van der Waals surface area (Å²) in [5.74, 6) is 0. The smallest absolute Gasteiger partial charge is 0.0456 e. The highest BCUT2D eigenvalue weighted by Gasteiger charge is 2.11. The molecule has 0 amide bonds. The number of nitrogens with zero attached hydrogens (tertiary/aromatic N) is 1. The van der Waals surface area contributed by atoms with Crippen molar-refractivity contribution in [3.63, 3.8) is 0 Å². The van der Waals surface area contributed by atoms with Gasteiger partial charge in [0, 0.05) is 24.5 Å². The van der Waals surface area contributed by atoms with E-state index in [1.165, 1.54) is 22.5 Å². The highest BCUT2D eigenvalue weighted by Crippen LogP contribution is 2.29. The molecule has 0 aliphatic heterocycles. The van der Waals surface area contributed by atoms with E-state index in [9.17, 15) is 0 Å². The lowest BCUT2D eigenvalue weighted by Crippen LogP contribution is -2.15. The van der Waals surface area contributed by atoms with Crippen LogP contribution in [0.25, 0.3) is 0 Å². The Morgan fingerprint density at radius 1 is 1.05 bits per heavy atom. The Hall–Kier alpha value is -1.80. The summed E-state index contributed by atoms with van der Waals surface area (Å²) >= 11 is 0. The van der Waals surface area contributed by atoms with Crippen molar-refractivity contribution in [2.24, 2.45) is 5.73 Å². The molecule has 1 atom stereocenters. The zero-order valence-electron chi connectivity index (χ0n) is 11.9. The highest BCUT2D eigenvalue weighted by molar-refractivity contribution is 5.66. The molecule has 0 saturated heterocycles. The van der Waals surface area contributed by atoms with E-state index in [0.717, 1.165) is 6.42 Å². The van der Waals surface area contributed by atoms with E-state index in [4.69, 9.17) is 5.73 Å². The van der Waals surface area contributed by atoms with Crippen molar-refractivity contribution in [2.75, 3.05) is 11.9 Å². The minimum absolute atomic E-state index is 0.0357. The Bertz CT molecular complexity index is 529. The van der Waals surface area contributed by atoms with Crippen LogP contribution in [-0.2, 0) is 6.42 Å². The first-order valence-electron chi connectivity index (χ1n) is 6.80. The maximum absolute atomic E-state index is 6.05. The van der Waals surface area contributed by atoms with Crippen LogP contribution in [0, 0.1) is 0 Å². The van der Waals surface area contributed by atoms with Crippen LogP contribution in [0.15, 0.2) is 48.5 Å². The molecule has 0 aliphatic rings. The van der Waals surface area contributed by atoms with Gasteiger partial charge in [0.25, 0.3) is 0 Å². The van der Waals surface area contributed by atoms with Crippen LogP contribution in [0.3, 0.4) is 0 Å². The van der Waals surface area contributed by atoms with Gasteiger partial charge in [-0.05, 0) is 42.7 Å². The number of hydrogen-bond acceptors (Lipinski definition) is 2. The lowest BCUT2D eigenvalue weighted by atomic mass is 10.1. The second-order valence-electron chi connectivity index (χ2n) is 4.93. The van der Waals surface area contributed by atoms with E-state index in [2.05, 4.69) is 61.3 Å². The molecule has 2 aromatic rings. The zero-order chi connectivity index (χ0) is 13.8. The Morgan fingerprint density at radius 2 is 1.68 bits per heavy atom. The molecule has 19 heavy (non-hydrogen) atoms. The lowest BCUT2D eigenvalue weighted by Gasteiger charge is -2.24. The zero-order valence-corrected chi connectivity index (χ0v) is 11.9. The predicted octanol–water partition coefficient (Wildman–Crippen LogP) is 4.04. The van der Waals surface area contributed by atoms with Gasteiger partial charge in [0.2, 0.25) is 0 Å². The second-order valence-corrected chi connectivity index (χ2v) is 4.93. The van der Waals surface area contributed by atoms with E-state index in [1.807, 2.05) is 13.0 Å². The molecule has 2 nitrogen and oxygen atoms in total. The molecular formula is C17H22N2. The molecule has 0 aliphatic carbocycles. The number of hydrogen-bond donors (Lipinski definition) is 1. The van der Waals surface area contributed by atoms with Crippen LogP contribution in [0.5, 0.6) is 0 Å². The summed E-state index contributed by atoms with van der Waals surface area (Å²) in [6.45, 7) is 4.19. The first-order valence-corrected chi connectivity index (χ1v) is 6.80. The van der Waals surface area contributed by atoms with Gasteiger partial charge in [-0.2, -0.15) is 0 Å². The van der Waals surface area contributed by atoms with Crippen LogP contribution in [-0.4, -0.2) is 7.05 Å². The number of para-hydroxylation sites is 1. The molecule has 100 valence electrons. The third kappa shape index (κ3) is 2.96. The lowest BCUT2D eigenvalue weighted by molar-refractivity contribution is 0.815. The average Bonchev–Trinajstić information content (AvgIpc) is 2.46. The van der Waals surface area contributed by atoms with Crippen LogP contribution >= 0.6 is 0 Å². The fraction of sp³-hybridized carbons (Fsp3) is 0.294. The van der Waals surface area contributed by atoms with Gasteiger partial charge in [0.05, 0.1) is 0 Å². The molecule has 2 N–H and O–H groups in total. The maximum Gasteiger partial charge on any atom is 0.0456 e. The molecule has 0 radical (unpaired) electrons. The standard InChI is InChI=1S/C17H22N2/c1-4-14-9-11-15(12-10-14)19(3)17-8-6-5-7-16(17)13(2)18/h5-13H,4,18H2,1-3H3/t13-/m1/s1. The van der Waals surface area contributed by atoms with Crippen molar-refractivity contribution in [2.45, 2.75) is 26.3 Å². The van der Waals surface area contributed by atoms with Gasteiger partial charge >= 0.3 is 0 Å². The number of anilines is 2. The molecule has 2 aromatic carbocycles. The average molecular weight is 254 g/mol. The third-order valence-electron chi connectivity index (χ3n) is 3.52. The van der Waals surface area contributed by atoms with Gasteiger partial charge in [-0.25, -0.2) is 0 Å². The molecule has 0 spiro atoms. The minimum atomic E-state index is 0.0357. The Kier molecular flexibility index (Phi) is 4.23. The SMILES string of the molecule is CCc1ccc(N(C)c2ccccc2[C@@H](C)N)cc1.